The summed E-state index contributed by atoms with van der Waals surface area (Å²) < 4.78 is 5.55. The highest BCUT2D eigenvalue weighted by molar-refractivity contribution is 6.02. The fraction of sp³-hybridized carbons (Fsp3) is 0.125. The number of nitro groups is 1. The number of nitrogens with zero attached hydrogens (tertiary/aromatic N) is 1. The van der Waals surface area contributed by atoms with Crippen molar-refractivity contribution >= 4 is 29.0 Å². The maximum atomic E-state index is 13.1. The third-order valence-corrected chi connectivity index (χ3v) is 4.63. The number of esters is 1. The number of carbonyl (C=O) groups is 3. The normalized spacial score (nSPS) is 11.3. The molecule has 3 rings (SSSR count). The van der Waals surface area contributed by atoms with E-state index in [1.54, 1.807) is 49.4 Å². The fourth-order valence-corrected chi connectivity index (χ4v) is 2.95. The van der Waals surface area contributed by atoms with Crippen molar-refractivity contribution in [2.24, 2.45) is 0 Å². The standard InChI is InChI=1S/C24H20N2O6/c1-2-21(27)25-19-10-6-9-18(15-19)24(29)32-23(22(28)16-7-4-3-5-8-16)17-11-13-20(14-12-17)26(30)31/h3-15,23H,2H2,1H3,(H,25,27)/t23-/m1/s1. The van der Waals surface area contributed by atoms with E-state index < -0.39 is 22.8 Å². The van der Waals surface area contributed by atoms with Gasteiger partial charge in [-0.15, -0.1) is 0 Å². The number of anilines is 1. The van der Waals surface area contributed by atoms with Crippen molar-refractivity contribution in [1.29, 1.82) is 0 Å². The Labute approximate surface area is 184 Å². The van der Waals surface area contributed by atoms with Gasteiger partial charge in [-0.25, -0.2) is 4.79 Å². The molecule has 0 aliphatic carbocycles. The van der Waals surface area contributed by atoms with Crippen LogP contribution in [0, 0.1) is 10.1 Å². The average molecular weight is 432 g/mol. The van der Waals surface area contributed by atoms with E-state index in [-0.39, 0.29) is 23.6 Å². The summed E-state index contributed by atoms with van der Waals surface area (Å²) in [7, 11) is 0. The van der Waals surface area contributed by atoms with Crippen molar-refractivity contribution in [3.63, 3.8) is 0 Å². The van der Waals surface area contributed by atoms with E-state index in [4.69, 9.17) is 4.74 Å². The summed E-state index contributed by atoms with van der Waals surface area (Å²) in [5.41, 5.74) is 1.05. The van der Waals surface area contributed by atoms with E-state index in [1.165, 1.54) is 36.4 Å². The zero-order chi connectivity index (χ0) is 23.1. The number of ether oxygens (including phenoxy) is 1. The Hall–Kier alpha value is -4.33. The Morgan fingerprint density at radius 2 is 1.59 bits per heavy atom. The van der Waals surface area contributed by atoms with E-state index in [0.717, 1.165) is 0 Å². The van der Waals surface area contributed by atoms with Crippen molar-refractivity contribution in [2.75, 3.05) is 5.32 Å². The molecule has 1 amide bonds. The molecular weight excluding hydrogens is 412 g/mol. The summed E-state index contributed by atoms with van der Waals surface area (Å²) in [5, 5.41) is 13.6. The van der Waals surface area contributed by atoms with Crippen LogP contribution in [-0.2, 0) is 9.53 Å². The van der Waals surface area contributed by atoms with E-state index >= 15 is 0 Å². The van der Waals surface area contributed by atoms with Crippen molar-refractivity contribution in [2.45, 2.75) is 19.4 Å². The largest absolute Gasteiger partial charge is 0.445 e. The lowest BCUT2D eigenvalue weighted by Gasteiger charge is -2.18. The third kappa shape index (κ3) is 5.42. The van der Waals surface area contributed by atoms with Crippen molar-refractivity contribution in [1.82, 2.24) is 0 Å². The zero-order valence-corrected chi connectivity index (χ0v) is 17.2. The molecule has 0 unspecified atom stereocenters. The van der Waals surface area contributed by atoms with Gasteiger partial charge in [0.25, 0.3) is 5.69 Å². The second-order valence-electron chi connectivity index (χ2n) is 6.85. The van der Waals surface area contributed by atoms with Gasteiger partial charge >= 0.3 is 5.97 Å². The number of amides is 1. The summed E-state index contributed by atoms with van der Waals surface area (Å²) in [6.07, 6.45) is -1.03. The SMILES string of the molecule is CCC(=O)Nc1cccc(C(=O)O[C@@H](C(=O)c2ccccc2)c2ccc([N+](=O)[O-])cc2)c1. The molecule has 0 fully saturated rings. The van der Waals surface area contributed by atoms with E-state index in [9.17, 15) is 24.5 Å². The number of rotatable bonds is 8. The maximum Gasteiger partial charge on any atom is 0.339 e. The second-order valence-corrected chi connectivity index (χ2v) is 6.85. The molecule has 0 aliphatic rings. The maximum absolute atomic E-state index is 13.1. The van der Waals surface area contributed by atoms with Gasteiger partial charge in [-0.3, -0.25) is 19.7 Å². The van der Waals surface area contributed by atoms with Gasteiger partial charge in [0.05, 0.1) is 10.5 Å². The van der Waals surface area contributed by atoms with Crippen LogP contribution in [0.15, 0.2) is 78.9 Å². The van der Waals surface area contributed by atoms with Gasteiger partial charge in [-0.05, 0) is 30.3 Å². The van der Waals surface area contributed by atoms with Gasteiger partial charge in [0.2, 0.25) is 11.7 Å². The van der Waals surface area contributed by atoms with E-state index in [1.807, 2.05) is 0 Å². The molecule has 3 aromatic rings. The molecule has 8 nitrogen and oxygen atoms in total. The number of nitro benzene ring substituents is 1. The van der Waals surface area contributed by atoms with Crippen LogP contribution in [0.4, 0.5) is 11.4 Å². The minimum Gasteiger partial charge on any atom is -0.445 e. The van der Waals surface area contributed by atoms with Crippen molar-refractivity contribution in [3.8, 4) is 0 Å². The van der Waals surface area contributed by atoms with E-state index in [0.29, 0.717) is 16.8 Å². The van der Waals surface area contributed by atoms with Gasteiger partial charge in [-0.2, -0.15) is 0 Å². The first-order valence-electron chi connectivity index (χ1n) is 9.83. The molecule has 0 bridgehead atoms. The zero-order valence-electron chi connectivity index (χ0n) is 17.2. The molecule has 3 aromatic carbocycles. The molecule has 0 saturated heterocycles. The number of benzene rings is 3. The Morgan fingerprint density at radius 1 is 0.938 bits per heavy atom. The molecule has 1 atom stereocenters. The molecule has 162 valence electrons. The smallest absolute Gasteiger partial charge is 0.339 e. The average Bonchev–Trinajstić information content (AvgIpc) is 2.82. The van der Waals surface area contributed by atoms with Crippen LogP contribution in [-0.4, -0.2) is 22.6 Å². The number of hydrogen-bond donors (Lipinski definition) is 1. The number of non-ortho nitro benzene ring substituents is 1. The van der Waals surface area contributed by atoms with Gasteiger partial charge < -0.3 is 10.1 Å². The van der Waals surface area contributed by atoms with Crippen LogP contribution in [0.3, 0.4) is 0 Å². The monoisotopic (exact) mass is 432 g/mol. The highest BCUT2D eigenvalue weighted by Crippen LogP contribution is 2.26. The quantitative estimate of drug-likeness (QED) is 0.238. The van der Waals surface area contributed by atoms with Crippen LogP contribution in [0.5, 0.6) is 0 Å². The first-order valence-corrected chi connectivity index (χ1v) is 9.83. The molecule has 0 aliphatic heterocycles. The molecule has 0 spiro atoms. The molecule has 0 saturated carbocycles. The van der Waals surface area contributed by atoms with Gasteiger partial charge in [0.15, 0.2) is 6.10 Å². The van der Waals surface area contributed by atoms with E-state index in [2.05, 4.69) is 5.32 Å². The van der Waals surface area contributed by atoms with Crippen LogP contribution in [0.25, 0.3) is 0 Å². The molecule has 0 aromatic heterocycles. The minimum absolute atomic E-state index is 0.145. The number of nitrogens with one attached hydrogen (secondary N) is 1. The highest BCUT2D eigenvalue weighted by atomic mass is 16.6. The summed E-state index contributed by atoms with van der Waals surface area (Å²) in [5.74, 6) is -1.45. The first-order chi connectivity index (χ1) is 15.4. The van der Waals surface area contributed by atoms with Crippen LogP contribution >= 0.6 is 0 Å². The minimum atomic E-state index is -1.31. The number of carbonyl (C=O) groups excluding carboxylic acids is 3. The molecule has 8 heteroatoms. The first kappa shape index (κ1) is 22.4. The molecule has 0 heterocycles. The van der Waals surface area contributed by atoms with Crippen LogP contribution in [0.2, 0.25) is 0 Å². The van der Waals surface area contributed by atoms with Crippen LogP contribution < -0.4 is 5.32 Å². The molecule has 32 heavy (non-hydrogen) atoms. The van der Waals surface area contributed by atoms with Gasteiger partial charge in [-0.1, -0.05) is 43.3 Å². The lowest BCUT2D eigenvalue weighted by Crippen LogP contribution is -2.20. The molecule has 1 N–H and O–H groups in total. The lowest BCUT2D eigenvalue weighted by atomic mass is 9.99. The Bertz CT molecular complexity index is 1140. The molecular formula is C24H20N2O6. The van der Waals surface area contributed by atoms with Gasteiger partial charge in [0, 0.05) is 35.4 Å². The summed E-state index contributed by atoms with van der Waals surface area (Å²) in [6, 6.07) is 19.7. The lowest BCUT2D eigenvalue weighted by molar-refractivity contribution is -0.384. The summed E-state index contributed by atoms with van der Waals surface area (Å²) in [6.45, 7) is 1.71. The Kier molecular flexibility index (Phi) is 7.07. The van der Waals surface area contributed by atoms with Crippen molar-refractivity contribution < 1.29 is 24.0 Å². The Balaban J connectivity index is 1.91. The summed E-state index contributed by atoms with van der Waals surface area (Å²) in [4.78, 5) is 48.0. The highest BCUT2D eigenvalue weighted by Gasteiger charge is 2.27. The topological polar surface area (TPSA) is 116 Å². The fourth-order valence-electron chi connectivity index (χ4n) is 2.95. The van der Waals surface area contributed by atoms with Gasteiger partial charge in [0.1, 0.15) is 0 Å². The number of Topliss-reactive ketones (excluding diaryl/α,β-unsaturated/α-hetero) is 1. The number of ketones is 1. The van der Waals surface area contributed by atoms with Crippen molar-refractivity contribution in [3.05, 3.63) is 106 Å². The Morgan fingerprint density at radius 3 is 2.22 bits per heavy atom. The second kappa shape index (κ2) is 10.1. The summed E-state index contributed by atoms with van der Waals surface area (Å²) >= 11 is 0. The molecule has 0 radical (unpaired) electrons. The van der Waals surface area contributed by atoms with Crippen LogP contribution in [0.1, 0.15) is 45.7 Å². The predicted octanol–water partition coefficient (Wildman–Crippen LogP) is 4.72. The third-order valence-electron chi connectivity index (χ3n) is 4.63. The number of hydrogen-bond acceptors (Lipinski definition) is 6. The predicted molar refractivity (Wildman–Crippen MR) is 117 cm³/mol.